The molecule has 3 atom stereocenters. The summed E-state index contributed by atoms with van der Waals surface area (Å²) in [5.41, 5.74) is 1.10. The minimum Gasteiger partial charge on any atom is -0.492 e. The number of piperidine rings is 1. The van der Waals surface area contributed by atoms with Crippen molar-refractivity contribution in [2.45, 2.75) is 39.7 Å². The fourth-order valence-corrected chi connectivity index (χ4v) is 5.58. The summed E-state index contributed by atoms with van der Waals surface area (Å²) < 4.78 is 1.58. The lowest BCUT2D eigenvalue weighted by molar-refractivity contribution is 0.112. The molecular weight excluding hydrogens is 380 g/mol. The van der Waals surface area contributed by atoms with E-state index in [0.717, 1.165) is 40.7 Å². The highest BCUT2D eigenvalue weighted by Gasteiger charge is 2.33. The first-order chi connectivity index (χ1) is 13.0. The zero-order valence-electron chi connectivity index (χ0n) is 15.9. The number of nitrogens with zero attached hydrogens (tertiary/aromatic N) is 4. The molecule has 7 heteroatoms. The van der Waals surface area contributed by atoms with E-state index in [0.29, 0.717) is 16.9 Å². The van der Waals surface area contributed by atoms with Crippen LogP contribution in [0, 0.1) is 11.8 Å². The molecule has 144 valence electrons. The third kappa shape index (κ3) is 3.58. The van der Waals surface area contributed by atoms with Crippen LogP contribution < -0.4 is 0 Å². The summed E-state index contributed by atoms with van der Waals surface area (Å²) in [5.74, 6) is 2.18. The van der Waals surface area contributed by atoms with E-state index in [1.165, 1.54) is 17.8 Å². The van der Waals surface area contributed by atoms with Crippen molar-refractivity contribution < 1.29 is 5.11 Å². The predicted molar refractivity (Wildman–Crippen MR) is 110 cm³/mol. The normalized spacial score (nSPS) is 22.4. The Hall–Kier alpha value is -1.63. The highest BCUT2D eigenvalue weighted by Crippen LogP contribution is 2.42. The minimum atomic E-state index is -0.0486. The Morgan fingerprint density at radius 2 is 2.04 bits per heavy atom. The summed E-state index contributed by atoms with van der Waals surface area (Å²) in [6.07, 6.45) is 1.99. The van der Waals surface area contributed by atoms with Crippen LogP contribution in [0.4, 0.5) is 0 Å². The van der Waals surface area contributed by atoms with E-state index in [2.05, 4.69) is 34.9 Å². The fraction of sp³-hybridized carbons (Fsp3) is 0.500. The van der Waals surface area contributed by atoms with E-state index in [-0.39, 0.29) is 11.9 Å². The quantitative estimate of drug-likeness (QED) is 0.679. The van der Waals surface area contributed by atoms with E-state index >= 15 is 0 Å². The lowest BCUT2D eigenvalue weighted by atomic mass is 9.89. The first-order valence-corrected chi connectivity index (χ1v) is 10.7. The van der Waals surface area contributed by atoms with Crippen LogP contribution in [0.1, 0.15) is 49.5 Å². The molecular formula is C20H25ClN4OS. The van der Waals surface area contributed by atoms with E-state index in [1.54, 1.807) is 4.52 Å². The average molecular weight is 405 g/mol. The number of aromatic hydroxyl groups is 1. The predicted octanol–water partition coefficient (Wildman–Crippen LogP) is 4.78. The first kappa shape index (κ1) is 18.7. The molecule has 0 bridgehead atoms. The molecule has 3 unspecified atom stereocenters. The van der Waals surface area contributed by atoms with Crippen molar-refractivity contribution in [1.82, 2.24) is 19.5 Å². The SMILES string of the molecule is CCc1nc2sc(C(c3cccc(Cl)c3)N3CC(C)CC(C)C3)c(O)n2n1. The molecule has 1 N–H and O–H groups in total. The first-order valence-electron chi connectivity index (χ1n) is 9.53. The summed E-state index contributed by atoms with van der Waals surface area (Å²) in [4.78, 5) is 8.64. The smallest absolute Gasteiger partial charge is 0.230 e. The maximum atomic E-state index is 11.0. The lowest BCUT2D eigenvalue weighted by Crippen LogP contribution is -2.41. The standard InChI is InChI=1S/C20H25ClN4OS/c1-4-16-22-20-25(23-16)19(26)18(27-20)17(14-6-5-7-15(21)9-14)24-10-12(2)8-13(3)11-24/h5-7,9,12-13,17,26H,4,8,10-11H2,1-3H3. The molecule has 0 aliphatic carbocycles. The molecule has 4 rings (SSSR count). The van der Waals surface area contributed by atoms with Crippen molar-refractivity contribution in [2.75, 3.05) is 13.1 Å². The highest BCUT2D eigenvalue weighted by molar-refractivity contribution is 7.17. The van der Waals surface area contributed by atoms with Crippen LogP contribution >= 0.6 is 22.9 Å². The van der Waals surface area contributed by atoms with Gasteiger partial charge < -0.3 is 5.11 Å². The van der Waals surface area contributed by atoms with Gasteiger partial charge in [-0.2, -0.15) is 4.52 Å². The second-order valence-corrected chi connectivity index (χ2v) is 9.17. The Labute approximate surface area is 168 Å². The number of hydrogen-bond donors (Lipinski definition) is 1. The number of hydrogen-bond acceptors (Lipinski definition) is 5. The van der Waals surface area contributed by atoms with Gasteiger partial charge in [0.25, 0.3) is 0 Å². The topological polar surface area (TPSA) is 53.7 Å². The molecule has 1 fully saturated rings. The Morgan fingerprint density at radius 3 is 2.67 bits per heavy atom. The summed E-state index contributed by atoms with van der Waals surface area (Å²) in [5, 5.41) is 16.1. The molecule has 0 radical (unpaired) electrons. The van der Waals surface area contributed by atoms with Crippen LogP contribution in [-0.2, 0) is 6.42 Å². The van der Waals surface area contributed by atoms with Crippen molar-refractivity contribution in [3.05, 3.63) is 45.6 Å². The van der Waals surface area contributed by atoms with Crippen molar-refractivity contribution in [3.8, 4) is 5.88 Å². The van der Waals surface area contributed by atoms with Crippen LogP contribution in [-0.4, -0.2) is 37.7 Å². The molecule has 27 heavy (non-hydrogen) atoms. The zero-order chi connectivity index (χ0) is 19.1. The molecule has 0 saturated carbocycles. The van der Waals surface area contributed by atoms with Gasteiger partial charge in [0.1, 0.15) is 0 Å². The fourth-order valence-electron chi connectivity index (χ4n) is 4.25. The number of benzene rings is 1. The molecule has 1 saturated heterocycles. The number of likely N-dealkylation sites (tertiary alicyclic amines) is 1. The van der Waals surface area contributed by atoms with Gasteiger partial charge in [0.15, 0.2) is 5.82 Å². The molecule has 0 amide bonds. The molecule has 1 aliphatic rings. The minimum absolute atomic E-state index is 0.0486. The Balaban J connectivity index is 1.82. The van der Waals surface area contributed by atoms with E-state index < -0.39 is 0 Å². The summed E-state index contributed by atoms with van der Waals surface area (Å²) in [6.45, 7) is 8.61. The number of aromatic nitrogens is 3. The van der Waals surface area contributed by atoms with Gasteiger partial charge in [0, 0.05) is 24.5 Å². The van der Waals surface area contributed by atoms with E-state index in [4.69, 9.17) is 11.6 Å². The maximum Gasteiger partial charge on any atom is 0.230 e. The highest BCUT2D eigenvalue weighted by atomic mass is 35.5. The molecule has 0 spiro atoms. The monoisotopic (exact) mass is 404 g/mol. The van der Waals surface area contributed by atoms with Crippen molar-refractivity contribution in [1.29, 1.82) is 0 Å². The summed E-state index contributed by atoms with van der Waals surface area (Å²) >= 11 is 7.82. The summed E-state index contributed by atoms with van der Waals surface area (Å²) in [7, 11) is 0. The van der Waals surface area contributed by atoms with Crippen LogP contribution in [0.15, 0.2) is 24.3 Å². The third-order valence-corrected chi connectivity index (χ3v) is 6.54. The number of halogens is 1. The van der Waals surface area contributed by atoms with Crippen LogP contribution in [0.5, 0.6) is 5.88 Å². The van der Waals surface area contributed by atoms with Crippen LogP contribution in [0.25, 0.3) is 4.96 Å². The van der Waals surface area contributed by atoms with Crippen LogP contribution in [0.3, 0.4) is 0 Å². The Bertz CT molecular complexity index is 943. The van der Waals surface area contributed by atoms with Gasteiger partial charge in [-0.3, -0.25) is 4.90 Å². The van der Waals surface area contributed by atoms with Crippen molar-refractivity contribution >= 4 is 27.9 Å². The zero-order valence-corrected chi connectivity index (χ0v) is 17.5. The van der Waals surface area contributed by atoms with Gasteiger partial charge >= 0.3 is 0 Å². The van der Waals surface area contributed by atoms with Gasteiger partial charge in [-0.25, -0.2) is 4.98 Å². The van der Waals surface area contributed by atoms with Gasteiger partial charge in [0.2, 0.25) is 10.8 Å². The Kier molecular flexibility index (Phi) is 5.14. The van der Waals surface area contributed by atoms with E-state index in [9.17, 15) is 5.11 Å². The molecule has 3 aromatic rings. The average Bonchev–Trinajstić information content (AvgIpc) is 3.14. The van der Waals surface area contributed by atoms with Crippen molar-refractivity contribution in [2.24, 2.45) is 11.8 Å². The largest absolute Gasteiger partial charge is 0.492 e. The Morgan fingerprint density at radius 1 is 1.30 bits per heavy atom. The van der Waals surface area contributed by atoms with E-state index in [1.807, 2.05) is 25.1 Å². The molecule has 5 nitrogen and oxygen atoms in total. The van der Waals surface area contributed by atoms with Gasteiger partial charge in [-0.15, -0.1) is 5.10 Å². The second kappa shape index (κ2) is 7.41. The second-order valence-electron chi connectivity index (χ2n) is 7.72. The number of rotatable bonds is 4. The molecule has 3 heterocycles. The molecule has 1 aromatic carbocycles. The lowest BCUT2D eigenvalue weighted by Gasteiger charge is -2.40. The maximum absolute atomic E-state index is 11.0. The molecule has 2 aromatic heterocycles. The number of fused-ring (bicyclic) bond motifs is 1. The van der Waals surface area contributed by atoms with Crippen LogP contribution in [0.2, 0.25) is 5.02 Å². The van der Waals surface area contributed by atoms with Gasteiger partial charge in [-0.05, 0) is 36.0 Å². The molecule has 1 aliphatic heterocycles. The number of aryl methyl sites for hydroxylation is 1. The van der Waals surface area contributed by atoms with Crippen molar-refractivity contribution in [3.63, 3.8) is 0 Å². The summed E-state index contributed by atoms with van der Waals surface area (Å²) in [6, 6.07) is 7.91. The van der Waals surface area contributed by atoms with Gasteiger partial charge in [0.05, 0.1) is 10.9 Å². The number of thiazole rings is 1. The third-order valence-electron chi connectivity index (χ3n) is 5.23. The van der Waals surface area contributed by atoms with Gasteiger partial charge in [-0.1, -0.05) is 55.8 Å².